The maximum Gasteiger partial charge on any atom is 0.119 e. The number of hydrogen-bond donors (Lipinski definition) is 0. The minimum absolute atomic E-state index is 0.554. The molecule has 1 heterocycles. The van der Waals surface area contributed by atoms with Crippen molar-refractivity contribution in [2.45, 2.75) is 32.6 Å². The van der Waals surface area contributed by atoms with E-state index in [0.29, 0.717) is 11.3 Å². The Hall–Kier alpha value is -2.60. The molecule has 118 valence electrons. The third-order valence-electron chi connectivity index (χ3n) is 3.52. The van der Waals surface area contributed by atoms with E-state index in [9.17, 15) is 5.26 Å². The number of hydrogen-bond acceptors (Lipinski definition) is 3. The molecular formula is C20H22N2O. The first-order chi connectivity index (χ1) is 11.3. The van der Waals surface area contributed by atoms with E-state index in [0.717, 1.165) is 24.3 Å². The number of nitriles is 1. The molecule has 1 aromatic carbocycles. The van der Waals surface area contributed by atoms with Crippen LogP contribution in [0.2, 0.25) is 0 Å². The Morgan fingerprint density at radius 3 is 2.61 bits per heavy atom. The molecule has 0 aliphatic heterocycles. The van der Waals surface area contributed by atoms with Gasteiger partial charge in [-0.15, -0.1) is 0 Å². The van der Waals surface area contributed by atoms with E-state index in [-0.39, 0.29) is 0 Å². The molecule has 0 saturated heterocycles. The van der Waals surface area contributed by atoms with Gasteiger partial charge in [-0.1, -0.05) is 44.4 Å². The first-order valence-electron chi connectivity index (χ1n) is 8.09. The third-order valence-corrected chi connectivity index (χ3v) is 3.52. The van der Waals surface area contributed by atoms with E-state index in [1.54, 1.807) is 6.20 Å². The minimum Gasteiger partial charge on any atom is -0.494 e. The van der Waals surface area contributed by atoms with E-state index in [4.69, 9.17) is 4.74 Å². The van der Waals surface area contributed by atoms with Gasteiger partial charge in [-0.2, -0.15) is 5.26 Å². The molecule has 2 aromatic rings. The number of unbranched alkanes of at least 4 members (excludes halogenated alkanes) is 3. The van der Waals surface area contributed by atoms with Crippen molar-refractivity contribution in [2.75, 3.05) is 6.61 Å². The van der Waals surface area contributed by atoms with Crippen molar-refractivity contribution in [2.24, 2.45) is 0 Å². The van der Waals surface area contributed by atoms with Gasteiger partial charge in [0, 0.05) is 6.20 Å². The predicted molar refractivity (Wildman–Crippen MR) is 93.8 cm³/mol. The van der Waals surface area contributed by atoms with Gasteiger partial charge in [-0.25, -0.2) is 0 Å². The van der Waals surface area contributed by atoms with Crippen molar-refractivity contribution < 1.29 is 4.74 Å². The summed E-state index contributed by atoms with van der Waals surface area (Å²) in [5, 5.41) is 9.30. The van der Waals surface area contributed by atoms with Gasteiger partial charge in [0.1, 0.15) is 11.8 Å². The summed E-state index contributed by atoms with van der Waals surface area (Å²) >= 11 is 0. The Morgan fingerprint density at radius 1 is 1.13 bits per heavy atom. The van der Waals surface area contributed by atoms with Crippen LogP contribution < -0.4 is 4.74 Å². The molecule has 0 aliphatic rings. The maximum atomic E-state index is 9.30. The van der Waals surface area contributed by atoms with Crippen LogP contribution in [0, 0.1) is 11.3 Å². The molecule has 0 aliphatic carbocycles. The summed E-state index contributed by atoms with van der Waals surface area (Å²) < 4.78 is 5.73. The predicted octanol–water partition coefficient (Wildman–Crippen LogP) is 5.10. The highest BCUT2D eigenvalue weighted by Gasteiger charge is 2.02. The average molecular weight is 306 g/mol. The van der Waals surface area contributed by atoms with Crippen molar-refractivity contribution in [1.82, 2.24) is 4.98 Å². The molecule has 0 fully saturated rings. The number of rotatable bonds is 8. The molecule has 0 radical (unpaired) electrons. The summed E-state index contributed by atoms with van der Waals surface area (Å²) in [5.74, 6) is 0.870. The number of allylic oxidation sites excluding steroid dienone is 1. The van der Waals surface area contributed by atoms with E-state index < -0.39 is 0 Å². The van der Waals surface area contributed by atoms with Crippen LogP contribution in [0.5, 0.6) is 5.75 Å². The summed E-state index contributed by atoms with van der Waals surface area (Å²) in [7, 11) is 0. The number of benzene rings is 1. The van der Waals surface area contributed by atoms with E-state index in [1.165, 1.54) is 19.3 Å². The molecule has 0 atom stereocenters. The lowest BCUT2D eigenvalue weighted by Gasteiger charge is -2.06. The average Bonchev–Trinajstić information content (AvgIpc) is 2.61. The van der Waals surface area contributed by atoms with Gasteiger partial charge in [-0.05, 0) is 42.3 Å². The SMILES string of the molecule is CCCCCCOc1ccc(C=C(C#N)c2ccccn2)cc1. The Balaban J connectivity index is 1.96. The van der Waals surface area contributed by atoms with Crippen molar-refractivity contribution in [3.8, 4) is 11.8 Å². The smallest absolute Gasteiger partial charge is 0.119 e. The second-order valence-electron chi connectivity index (χ2n) is 5.36. The van der Waals surface area contributed by atoms with Crippen LogP contribution in [0.4, 0.5) is 0 Å². The quantitative estimate of drug-likeness (QED) is 0.503. The van der Waals surface area contributed by atoms with E-state index in [2.05, 4.69) is 18.0 Å². The van der Waals surface area contributed by atoms with Gasteiger partial charge in [0.15, 0.2) is 0 Å². The highest BCUT2D eigenvalue weighted by atomic mass is 16.5. The van der Waals surface area contributed by atoms with Gasteiger partial charge in [0.05, 0.1) is 17.9 Å². The lowest BCUT2D eigenvalue weighted by Crippen LogP contribution is -1.97. The molecule has 0 spiro atoms. The fourth-order valence-corrected chi connectivity index (χ4v) is 2.23. The zero-order valence-corrected chi connectivity index (χ0v) is 13.5. The second-order valence-corrected chi connectivity index (χ2v) is 5.36. The molecule has 2 rings (SSSR count). The van der Waals surface area contributed by atoms with Gasteiger partial charge >= 0.3 is 0 Å². The summed E-state index contributed by atoms with van der Waals surface area (Å²) in [6, 6.07) is 15.6. The molecule has 0 unspecified atom stereocenters. The summed E-state index contributed by atoms with van der Waals surface area (Å²) in [4.78, 5) is 4.21. The monoisotopic (exact) mass is 306 g/mol. The fourth-order valence-electron chi connectivity index (χ4n) is 2.23. The van der Waals surface area contributed by atoms with Crippen LogP contribution in [0.25, 0.3) is 11.6 Å². The number of aromatic nitrogens is 1. The first kappa shape index (κ1) is 16.8. The fraction of sp³-hybridized carbons (Fsp3) is 0.300. The van der Waals surface area contributed by atoms with Crippen LogP contribution in [-0.4, -0.2) is 11.6 Å². The van der Waals surface area contributed by atoms with Crippen LogP contribution in [0.3, 0.4) is 0 Å². The van der Waals surface area contributed by atoms with Crippen molar-refractivity contribution in [3.05, 3.63) is 59.9 Å². The molecule has 0 saturated carbocycles. The van der Waals surface area contributed by atoms with E-state index >= 15 is 0 Å². The zero-order chi connectivity index (χ0) is 16.3. The minimum atomic E-state index is 0.554. The molecule has 0 amide bonds. The second kappa shape index (κ2) is 9.42. The van der Waals surface area contributed by atoms with Crippen molar-refractivity contribution >= 4 is 11.6 Å². The number of ether oxygens (including phenoxy) is 1. The normalized spacial score (nSPS) is 11.0. The topological polar surface area (TPSA) is 45.9 Å². The molecule has 1 aromatic heterocycles. The Morgan fingerprint density at radius 2 is 1.96 bits per heavy atom. The molecule has 0 N–H and O–H groups in total. The summed E-state index contributed by atoms with van der Waals surface area (Å²) in [6.45, 7) is 2.96. The maximum absolute atomic E-state index is 9.30. The largest absolute Gasteiger partial charge is 0.494 e. The summed E-state index contributed by atoms with van der Waals surface area (Å²) in [6.07, 6.45) is 8.33. The highest BCUT2D eigenvalue weighted by Crippen LogP contribution is 2.18. The zero-order valence-electron chi connectivity index (χ0n) is 13.5. The standard InChI is InChI=1S/C20H22N2O/c1-2-3-4-7-14-23-19-11-9-17(10-12-19)15-18(16-21)20-8-5-6-13-22-20/h5-6,8-13,15H,2-4,7,14H2,1H3. The molecule has 23 heavy (non-hydrogen) atoms. The van der Waals surface area contributed by atoms with Crippen LogP contribution in [0.1, 0.15) is 43.9 Å². The van der Waals surface area contributed by atoms with E-state index in [1.807, 2.05) is 48.5 Å². The van der Waals surface area contributed by atoms with Crippen LogP contribution >= 0.6 is 0 Å². The molecule has 0 bridgehead atoms. The molecular weight excluding hydrogens is 284 g/mol. The van der Waals surface area contributed by atoms with Crippen molar-refractivity contribution in [3.63, 3.8) is 0 Å². The highest BCUT2D eigenvalue weighted by molar-refractivity contribution is 5.88. The lowest BCUT2D eigenvalue weighted by atomic mass is 10.1. The lowest BCUT2D eigenvalue weighted by molar-refractivity contribution is 0.305. The van der Waals surface area contributed by atoms with Gasteiger partial charge < -0.3 is 4.74 Å². The Labute approximate surface area is 138 Å². The third kappa shape index (κ3) is 5.60. The van der Waals surface area contributed by atoms with Crippen molar-refractivity contribution in [1.29, 1.82) is 5.26 Å². The van der Waals surface area contributed by atoms with Gasteiger partial charge in [-0.3, -0.25) is 4.98 Å². The Bertz CT molecular complexity index is 654. The van der Waals surface area contributed by atoms with Gasteiger partial charge in [0.2, 0.25) is 0 Å². The number of pyridine rings is 1. The summed E-state index contributed by atoms with van der Waals surface area (Å²) in [5.41, 5.74) is 2.20. The molecule has 3 heteroatoms. The first-order valence-corrected chi connectivity index (χ1v) is 8.09. The van der Waals surface area contributed by atoms with Crippen LogP contribution in [-0.2, 0) is 0 Å². The molecule has 3 nitrogen and oxygen atoms in total. The number of nitrogens with zero attached hydrogens (tertiary/aromatic N) is 2. The van der Waals surface area contributed by atoms with Crippen LogP contribution in [0.15, 0.2) is 48.7 Å². The van der Waals surface area contributed by atoms with Gasteiger partial charge in [0.25, 0.3) is 0 Å². The Kier molecular flexibility index (Phi) is 6.87.